The fourth-order valence-electron chi connectivity index (χ4n) is 2.76. The van der Waals surface area contributed by atoms with E-state index in [2.05, 4.69) is 15.5 Å². The first-order valence-electron chi connectivity index (χ1n) is 7.51. The van der Waals surface area contributed by atoms with Gasteiger partial charge in [-0.2, -0.15) is 5.10 Å². The number of ether oxygens (including phenoxy) is 1. The van der Waals surface area contributed by atoms with Crippen LogP contribution in [0.1, 0.15) is 16.1 Å². The van der Waals surface area contributed by atoms with Gasteiger partial charge in [-0.3, -0.25) is 9.89 Å². The van der Waals surface area contributed by atoms with Gasteiger partial charge in [0.15, 0.2) is 0 Å². The molecule has 0 fully saturated rings. The van der Waals surface area contributed by atoms with Crippen molar-refractivity contribution < 1.29 is 9.53 Å². The predicted molar refractivity (Wildman–Crippen MR) is 85.1 cm³/mol. The van der Waals surface area contributed by atoms with Gasteiger partial charge in [-0.25, -0.2) is 0 Å². The molecule has 0 radical (unpaired) electrons. The van der Waals surface area contributed by atoms with Crippen molar-refractivity contribution in [2.24, 2.45) is 0 Å². The van der Waals surface area contributed by atoms with Crippen LogP contribution in [0.3, 0.4) is 0 Å². The Hall–Kier alpha value is -3.02. The van der Waals surface area contributed by atoms with E-state index in [9.17, 15) is 4.79 Å². The Labute approximate surface area is 133 Å². The Balaban J connectivity index is 1.50. The van der Waals surface area contributed by atoms with Gasteiger partial charge in [0.1, 0.15) is 23.7 Å². The van der Waals surface area contributed by atoms with Crippen LogP contribution in [0.25, 0.3) is 11.3 Å². The summed E-state index contributed by atoms with van der Waals surface area (Å²) in [7, 11) is 0. The van der Waals surface area contributed by atoms with E-state index in [1.54, 1.807) is 0 Å². The molecule has 0 spiro atoms. The van der Waals surface area contributed by atoms with Crippen LogP contribution >= 0.6 is 0 Å². The molecule has 0 saturated heterocycles. The lowest BCUT2D eigenvalue weighted by atomic mass is 10.0. The maximum Gasteiger partial charge on any atom is 0.269 e. The molecule has 0 saturated carbocycles. The fourth-order valence-corrected chi connectivity index (χ4v) is 2.76. The van der Waals surface area contributed by atoms with Crippen LogP contribution in [0.2, 0.25) is 0 Å². The zero-order valence-electron chi connectivity index (χ0n) is 12.5. The first kappa shape index (κ1) is 13.6. The zero-order chi connectivity index (χ0) is 15.6. The standard InChI is InChI=1S/C17H16N4O2/c22-17(18-7-10-21-8-3-4-9-21)16-13-11-23-14-6-2-1-5-12(14)15(13)19-20-16/h1-6,8-9H,7,10-11H2,(H,18,22)(H,19,20). The third-order valence-corrected chi connectivity index (χ3v) is 3.93. The molecule has 1 aromatic carbocycles. The molecule has 2 N–H and O–H groups in total. The molecule has 2 aromatic heterocycles. The quantitative estimate of drug-likeness (QED) is 0.776. The average molecular weight is 308 g/mol. The number of fused-ring (bicyclic) bond motifs is 3. The Morgan fingerprint density at radius 1 is 1.26 bits per heavy atom. The topological polar surface area (TPSA) is 71.9 Å². The Morgan fingerprint density at radius 2 is 2.09 bits per heavy atom. The number of aromatic amines is 1. The second-order valence-corrected chi connectivity index (χ2v) is 5.39. The van der Waals surface area contributed by atoms with Gasteiger partial charge in [0.2, 0.25) is 0 Å². The van der Waals surface area contributed by atoms with Crippen molar-refractivity contribution in [1.29, 1.82) is 0 Å². The summed E-state index contributed by atoms with van der Waals surface area (Å²) in [4.78, 5) is 12.4. The molecule has 0 atom stereocenters. The van der Waals surface area contributed by atoms with Crippen LogP contribution in [-0.4, -0.2) is 27.2 Å². The number of aromatic nitrogens is 3. The van der Waals surface area contributed by atoms with Crippen LogP contribution in [0.15, 0.2) is 48.8 Å². The second kappa shape index (κ2) is 5.64. The Morgan fingerprint density at radius 3 is 2.96 bits per heavy atom. The molecule has 0 bridgehead atoms. The third-order valence-electron chi connectivity index (χ3n) is 3.93. The van der Waals surface area contributed by atoms with Crippen molar-refractivity contribution in [3.05, 3.63) is 60.0 Å². The van der Waals surface area contributed by atoms with E-state index in [1.165, 1.54) is 0 Å². The van der Waals surface area contributed by atoms with Gasteiger partial charge in [-0.1, -0.05) is 12.1 Å². The van der Waals surface area contributed by atoms with E-state index in [-0.39, 0.29) is 5.91 Å². The summed E-state index contributed by atoms with van der Waals surface area (Å²) in [6.45, 7) is 1.64. The van der Waals surface area contributed by atoms with Crippen molar-refractivity contribution in [2.45, 2.75) is 13.2 Å². The number of hydrogen-bond acceptors (Lipinski definition) is 3. The van der Waals surface area contributed by atoms with E-state index in [1.807, 2.05) is 53.4 Å². The summed E-state index contributed by atoms with van der Waals surface area (Å²) in [5, 5.41) is 10.1. The van der Waals surface area contributed by atoms with Crippen LogP contribution in [-0.2, 0) is 13.2 Å². The number of nitrogens with one attached hydrogen (secondary N) is 2. The molecular weight excluding hydrogens is 292 g/mol. The number of rotatable bonds is 4. The van der Waals surface area contributed by atoms with E-state index in [4.69, 9.17) is 4.74 Å². The normalized spacial score (nSPS) is 12.2. The Bertz CT molecular complexity index is 836. The molecule has 6 nitrogen and oxygen atoms in total. The summed E-state index contributed by atoms with van der Waals surface area (Å²) in [6.07, 6.45) is 3.93. The van der Waals surface area contributed by atoms with E-state index in [0.29, 0.717) is 18.8 Å². The highest BCUT2D eigenvalue weighted by atomic mass is 16.5. The van der Waals surface area contributed by atoms with E-state index < -0.39 is 0 Å². The van der Waals surface area contributed by atoms with E-state index in [0.717, 1.165) is 29.1 Å². The number of carbonyl (C=O) groups excluding carboxylic acids is 1. The van der Waals surface area contributed by atoms with Crippen LogP contribution in [0.4, 0.5) is 0 Å². The first-order chi connectivity index (χ1) is 11.3. The molecule has 3 heterocycles. The zero-order valence-corrected chi connectivity index (χ0v) is 12.5. The van der Waals surface area contributed by atoms with Gasteiger partial charge in [-0.05, 0) is 24.3 Å². The number of para-hydroxylation sites is 1. The summed E-state index contributed by atoms with van der Waals surface area (Å²) in [5.41, 5.74) is 2.99. The number of H-pyrrole nitrogens is 1. The minimum absolute atomic E-state index is 0.158. The maximum absolute atomic E-state index is 12.4. The van der Waals surface area contributed by atoms with Crippen molar-refractivity contribution in [3.8, 4) is 17.0 Å². The van der Waals surface area contributed by atoms with E-state index >= 15 is 0 Å². The molecule has 1 amide bonds. The highest BCUT2D eigenvalue weighted by Gasteiger charge is 2.25. The monoisotopic (exact) mass is 308 g/mol. The summed E-state index contributed by atoms with van der Waals surface area (Å²) in [5.74, 6) is 0.639. The molecule has 3 aromatic rings. The lowest BCUT2D eigenvalue weighted by Crippen LogP contribution is -2.28. The van der Waals surface area contributed by atoms with Crippen LogP contribution in [0, 0.1) is 0 Å². The molecular formula is C17H16N4O2. The van der Waals surface area contributed by atoms with Gasteiger partial charge < -0.3 is 14.6 Å². The summed E-state index contributed by atoms with van der Waals surface area (Å²) in [6, 6.07) is 11.6. The average Bonchev–Trinajstić information content (AvgIpc) is 3.24. The molecule has 0 aliphatic carbocycles. The van der Waals surface area contributed by atoms with Crippen molar-refractivity contribution >= 4 is 5.91 Å². The molecule has 4 rings (SSSR count). The van der Waals surface area contributed by atoms with Crippen molar-refractivity contribution in [2.75, 3.05) is 6.54 Å². The maximum atomic E-state index is 12.4. The lowest BCUT2D eigenvalue weighted by molar-refractivity contribution is 0.0944. The van der Waals surface area contributed by atoms with Crippen LogP contribution in [0.5, 0.6) is 5.75 Å². The fraction of sp³-hybridized carbons (Fsp3) is 0.176. The second-order valence-electron chi connectivity index (χ2n) is 5.39. The Kier molecular flexibility index (Phi) is 3.34. The SMILES string of the molecule is O=C(NCCn1cccc1)c1[nH]nc2c1COc1ccccc1-2. The number of carbonyl (C=O) groups is 1. The lowest BCUT2D eigenvalue weighted by Gasteiger charge is -2.17. The van der Waals surface area contributed by atoms with Gasteiger partial charge in [0, 0.05) is 36.6 Å². The predicted octanol–water partition coefficient (Wildman–Crippen LogP) is 2.20. The molecule has 116 valence electrons. The largest absolute Gasteiger partial charge is 0.488 e. The van der Waals surface area contributed by atoms with Gasteiger partial charge in [-0.15, -0.1) is 0 Å². The molecule has 23 heavy (non-hydrogen) atoms. The number of benzene rings is 1. The molecule has 1 aliphatic heterocycles. The highest BCUT2D eigenvalue weighted by molar-refractivity contribution is 5.96. The summed E-state index contributed by atoms with van der Waals surface area (Å²) >= 11 is 0. The number of nitrogens with zero attached hydrogens (tertiary/aromatic N) is 2. The van der Waals surface area contributed by atoms with Crippen LogP contribution < -0.4 is 10.1 Å². The number of amides is 1. The third kappa shape index (κ3) is 2.48. The first-order valence-corrected chi connectivity index (χ1v) is 7.51. The van der Waals surface area contributed by atoms with Crippen molar-refractivity contribution in [1.82, 2.24) is 20.1 Å². The summed E-state index contributed by atoms with van der Waals surface area (Å²) < 4.78 is 7.73. The molecule has 1 aliphatic rings. The smallest absolute Gasteiger partial charge is 0.269 e. The molecule has 0 unspecified atom stereocenters. The van der Waals surface area contributed by atoms with Gasteiger partial charge in [0.25, 0.3) is 5.91 Å². The van der Waals surface area contributed by atoms with Gasteiger partial charge >= 0.3 is 0 Å². The number of hydrogen-bond donors (Lipinski definition) is 2. The highest BCUT2D eigenvalue weighted by Crippen LogP contribution is 2.36. The molecule has 6 heteroatoms. The van der Waals surface area contributed by atoms with Gasteiger partial charge in [0.05, 0.1) is 0 Å². The minimum Gasteiger partial charge on any atom is -0.488 e. The minimum atomic E-state index is -0.158. The van der Waals surface area contributed by atoms with Crippen molar-refractivity contribution in [3.63, 3.8) is 0 Å².